The van der Waals surface area contributed by atoms with Crippen LogP contribution in [0.5, 0.6) is 0 Å². The van der Waals surface area contributed by atoms with E-state index in [9.17, 15) is 9.59 Å². The highest BCUT2D eigenvalue weighted by atomic mass is 28.3. The molecule has 1 amide bonds. The number of allylic oxidation sites excluding steroid dienone is 2. The van der Waals surface area contributed by atoms with E-state index >= 15 is 0 Å². The van der Waals surface area contributed by atoms with E-state index in [1.54, 1.807) is 6.08 Å². The number of hydrogen-bond donors (Lipinski definition) is 1. The summed E-state index contributed by atoms with van der Waals surface area (Å²) >= 11 is 0. The molecule has 9 heteroatoms. The summed E-state index contributed by atoms with van der Waals surface area (Å²) < 4.78 is 13.9. The molecule has 219 valence electrons. The van der Waals surface area contributed by atoms with Crippen molar-refractivity contribution >= 4 is 43.3 Å². The first kappa shape index (κ1) is 29.7. The number of methoxy groups -OCH3 is 1. The molecular weight excluding hydrogens is 544 g/mol. The molecule has 1 unspecified atom stereocenters. The van der Waals surface area contributed by atoms with Crippen LogP contribution in [0.3, 0.4) is 0 Å². The van der Waals surface area contributed by atoms with E-state index < -0.39 is 15.1 Å². The Balaban J connectivity index is 1.51. The zero-order chi connectivity index (χ0) is 30.0. The zero-order valence-corrected chi connectivity index (χ0v) is 26.3. The fourth-order valence-corrected chi connectivity index (χ4v) is 6.08. The lowest BCUT2D eigenvalue weighted by Crippen LogP contribution is -2.35. The molecule has 2 aromatic carbocycles. The van der Waals surface area contributed by atoms with Gasteiger partial charge in [0.05, 0.1) is 28.0 Å². The van der Waals surface area contributed by atoms with Gasteiger partial charge in [-0.05, 0) is 68.3 Å². The summed E-state index contributed by atoms with van der Waals surface area (Å²) in [7, 11) is 0.599. The Bertz CT molecular complexity index is 1610. The summed E-state index contributed by atoms with van der Waals surface area (Å²) in [6.07, 6.45) is 5.78. The van der Waals surface area contributed by atoms with E-state index in [-0.39, 0.29) is 11.3 Å². The molecule has 2 heterocycles. The van der Waals surface area contributed by atoms with Crippen LogP contribution < -0.4 is 10.2 Å². The van der Waals surface area contributed by atoms with Gasteiger partial charge in [0, 0.05) is 24.8 Å². The molecule has 0 bridgehead atoms. The number of aryl methyl sites for hydroxylation is 1. The third-order valence-electron chi connectivity index (χ3n) is 7.68. The first-order valence-corrected chi connectivity index (χ1v) is 16.8. The van der Waals surface area contributed by atoms with Gasteiger partial charge < -0.3 is 23.9 Å². The Morgan fingerprint density at radius 2 is 1.90 bits per heavy atom. The molecule has 1 aliphatic carbocycles. The second-order valence-electron chi connectivity index (χ2n) is 12.0. The van der Waals surface area contributed by atoms with Crippen molar-refractivity contribution in [1.82, 2.24) is 9.55 Å². The highest BCUT2D eigenvalue weighted by Crippen LogP contribution is 2.36. The average molecular weight is 584 g/mol. The molecule has 0 saturated heterocycles. The molecule has 42 heavy (non-hydrogen) atoms. The van der Waals surface area contributed by atoms with Crippen molar-refractivity contribution in [3.05, 3.63) is 82.8 Å². The number of ether oxygens (including phenoxy) is 1. The number of fused-ring (bicyclic) bond motifs is 2. The van der Waals surface area contributed by atoms with Crippen LogP contribution in [0.2, 0.25) is 13.1 Å². The van der Waals surface area contributed by atoms with Crippen molar-refractivity contribution in [1.29, 1.82) is 0 Å². The number of hydrogen-bond acceptors (Lipinski definition) is 6. The van der Waals surface area contributed by atoms with E-state index in [1.165, 1.54) is 12.7 Å². The highest BCUT2D eigenvalue weighted by molar-refractivity contribution is 6.48. The second-order valence-corrected chi connectivity index (χ2v) is 14.1. The normalized spacial score (nSPS) is 17.5. The number of anilines is 2. The molecular formula is C33H39N4O4Si. The van der Waals surface area contributed by atoms with E-state index in [1.807, 2.05) is 36.4 Å². The summed E-state index contributed by atoms with van der Waals surface area (Å²) in [5.74, 6) is 2.64. The number of carbonyl (C=O) groups excluding carboxylic acids is 2. The molecule has 5 rings (SSSR count). The van der Waals surface area contributed by atoms with Gasteiger partial charge >= 0.3 is 0 Å². The molecule has 3 aromatic rings. The fourth-order valence-electron chi connectivity index (χ4n) is 5.70. The highest BCUT2D eigenvalue weighted by Gasteiger charge is 2.34. The third-order valence-corrected chi connectivity index (χ3v) is 8.39. The summed E-state index contributed by atoms with van der Waals surface area (Å²) in [6.45, 7) is 11.7. The average Bonchev–Trinajstić information content (AvgIpc) is 3.23. The fraction of sp³-hybridized carbons (Fsp3) is 0.394. The molecule has 1 radical (unpaired) electrons. The summed E-state index contributed by atoms with van der Waals surface area (Å²) in [5, 5.41) is 3.06. The Labute approximate surface area is 249 Å². The van der Waals surface area contributed by atoms with Crippen molar-refractivity contribution < 1.29 is 18.8 Å². The van der Waals surface area contributed by atoms with Crippen LogP contribution in [0, 0.1) is 0 Å². The molecule has 1 atom stereocenters. The largest absolute Gasteiger partial charge is 0.400 e. The summed E-state index contributed by atoms with van der Waals surface area (Å²) in [6, 6.07) is 14.0. The number of carbonyl (C=O) groups is 1. The number of imidazole rings is 1. The number of nitrogens with zero attached hydrogens (tertiary/aromatic N) is 3. The van der Waals surface area contributed by atoms with Crippen LogP contribution >= 0.6 is 0 Å². The van der Waals surface area contributed by atoms with E-state index in [2.05, 4.69) is 66.7 Å². The Morgan fingerprint density at radius 3 is 2.62 bits per heavy atom. The minimum atomic E-state index is -0.912. The maximum atomic E-state index is 13.8. The van der Waals surface area contributed by atoms with E-state index in [0.717, 1.165) is 42.8 Å². The van der Waals surface area contributed by atoms with Crippen LogP contribution in [-0.2, 0) is 37.3 Å². The van der Waals surface area contributed by atoms with Crippen LogP contribution in [0.4, 0.5) is 11.4 Å². The maximum Gasteiger partial charge on any atom is 0.254 e. The number of benzene rings is 2. The predicted octanol–water partition coefficient (Wildman–Crippen LogP) is 5.94. The van der Waals surface area contributed by atoms with Crippen molar-refractivity contribution in [2.24, 2.45) is 0 Å². The predicted molar refractivity (Wildman–Crippen MR) is 169 cm³/mol. The number of amides is 1. The molecule has 2 aliphatic rings. The van der Waals surface area contributed by atoms with Crippen molar-refractivity contribution in [3.8, 4) is 0 Å². The summed E-state index contributed by atoms with van der Waals surface area (Å²) in [5.41, 5.74) is 5.61. The Hall–Kier alpha value is -3.75. The van der Waals surface area contributed by atoms with Crippen molar-refractivity contribution in [3.63, 3.8) is 0 Å². The van der Waals surface area contributed by atoms with E-state index in [0.29, 0.717) is 34.8 Å². The molecule has 0 spiro atoms. The molecule has 8 nitrogen and oxygen atoms in total. The second kappa shape index (κ2) is 12.2. The van der Waals surface area contributed by atoms with Crippen molar-refractivity contribution in [2.45, 2.75) is 71.4 Å². The van der Waals surface area contributed by atoms with Gasteiger partial charge in [-0.3, -0.25) is 4.79 Å². The van der Waals surface area contributed by atoms with Gasteiger partial charge in [-0.15, -0.1) is 0 Å². The maximum absolute atomic E-state index is 13.8. The standard InChI is InChI=1S/C33H39N4O4Si/c1-33(2,3)32-35-29-25(14-11-16-28(29)37(32)21-41-42(5)6)34-31(39)23-17-18-27(24(20-38)30(23)40-4)36-19-10-9-13-22-12-7-8-15-26(22)36/h7-8,11-12,14-18,30H,9-10,13,19,21H2,1-6H3,(H,34,39). The molecule has 1 aromatic heterocycles. The van der Waals surface area contributed by atoms with Gasteiger partial charge in [-0.25, -0.2) is 9.78 Å². The molecule has 0 saturated carbocycles. The SMILES string of the molecule is COC1C(=C=O)C(N2CCCCc3ccccc32)=CC=C1C(=O)Nc1cccc2c1nc(C(C)(C)C)n2CO[Si](C)C. The number of para-hydroxylation sites is 2. The quantitative estimate of drug-likeness (QED) is 0.274. The third kappa shape index (κ3) is 5.78. The zero-order valence-electron chi connectivity index (χ0n) is 25.3. The van der Waals surface area contributed by atoms with Gasteiger partial charge in [-0.2, -0.15) is 0 Å². The van der Waals surface area contributed by atoms with Crippen LogP contribution in [0.1, 0.15) is 45.0 Å². The monoisotopic (exact) mass is 583 g/mol. The van der Waals surface area contributed by atoms with Gasteiger partial charge in [-0.1, -0.05) is 45.0 Å². The lowest BCUT2D eigenvalue weighted by Gasteiger charge is -2.32. The lowest BCUT2D eigenvalue weighted by molar-refractivity contribution is -0.113. The smallest absolute Gasteiger partial charge is 0.254 e. The van der Waals surface area contributed by atoms with Crippen LogP contribution in [0.25, 0.3) is 11.0 Å². The van der Waals surface area contributed by atoms with Crippen LogP contribution in [0.15, 0.2) is 71.5 Å². The lowest BCUT2D eigenvalue weighted by atomic mass is 9.92. The Morgan fingerprint density at radius 1 is 1.12 bits per heavy atom. The van der Waals surface area contributed by atoms with Crippen LogP contribution in [-0.4, -0.2) is 50.2 Å². The van der Waals surface area contributed by atoms with Gasteiger partial charge in [0.2, 0.25) is 9.04 Å². The summed E-state index contributed by atoms with van der Waals surface area (Å²) in [4.78, 5) is 33.3. The number of rotatable bonds is 7. The van der Waals surface area contributed by atoms with Gasteiger partial charge in [0.1, 0.15) is 30.1 Å². The minimum Gasteiger partial charge on any atom is -0.400 e. The first-order valence-electron chi connectivity index (χ1n) is 14.4. The van der Waals surface area contributed by atoms with Crippen molar-refractivity contribution in [2.75, 3.05) is 23.9 Å². The minimum absolute atomic E-state index is 0.234. The Kier molecular flexibility index (Phi) is 8.66. The van der Waals surface area contributed by atoms with Gasteiger partial charge in [0.15, 0.2) is 0 Å². The molecule has 1 N–H and O–H groups in total. The number of nitrogens with one attached hydrogen (secondary N) is 1. The van der Waals surface area contributed by atoms with E-state index in [4.69, 9.17) is 14.1 Å². The topological polar surface area (TPSA) is 85.7 Å². The first-order chi connectivity index (χ1) is 20.1. The molecule has 1 aliphatic heterocycles. The number of aromatic nitrogens is 2. The molecule has 0 fully saturated rings. The van der Waals surface area contributed by atoms with Gasteiger partial charge in [0.25, 0.3) is 5.91 Å².